The van der Waals surface area contributed by atoms with Crippen LogP contribution in [0.4, 0.5) is 5.69 Å². The lowest BCUT2D eigenvalue weighted by Crippen LogP contribution is -2.31. The van der Waals surface area contributed by atoms with E-state index in [0.29, 0.717) is 29.7 Å². The normalized spacial score (nSPS) is 15.1. The van der Waals surface area contributed by atoms with Crippen molar-refractivity contribution in [2.75, 3.05) is 18.5 Å². The average Bonchev–Trinajstić information content (AvgIpc) is 2.39. The third-order valence-corrected chi connectivity index (χ3v) is 4.08. The summed E-state index contributed by atoms with van der Waals surface area (Å²) in [6.07, 6.45) is 7.78. The molecule has 2 N–H and O–H groups in total. The minimum atomic E-state index is -0.133. The van der Waals surface area contributed by atoms with E-state index in [1.807, 2.05) is 0 Å². The highest BCUT2D eigenvalue weighted by Gasteiger charge is 2.20. The van der Waals surface area contributed by atoms with Crippen LogP contribution < -0.4 is 10.9 Å². The molecule has 1 aromatic rings. The van der Waals surface area contributed by atoms with Crippen LogP contribution in [0.3, 0.4) is 0 Å². The Morgan fingerprint density at radius 3 is 2.85 bits per heavy atom. The number of aliphatic hydroxyl groups excluding tert-OH is 1. The van der Waals surface area contributed by atoms with Crippen LogP contribution in [0.2, 0.25) is 5.02 Å². The van der Waals surface area contributed by atoms with E-state index in [9.17, 15) is 4.79 Å². The molecule has 1 saturated carbocycles. The lowest BCUT2D eigenvalue weighted by Gasteiger charge is -2.25. The van der Waals surface area contributed by atoms with Crippen LogP contribution in [-0.4, -0.2) is 28.0 Å². The topological polar surface area (TPSA) is 67.2 Å². The van der Waals surface area contributed by atoms with Crippen molar-refractivity contribution >= 4 is 17.3 Å². The predicted octanol–water partition coefficient (Wildman–Crippen LogP) is 2.27. The van der Waals surface area contributed by atoms with E-state index in [4.69, 9.17) is 16.7 Å². The van der Waals surface area contributed by atoms with Gasteiger partial charge in [-0.15, -0.1) is 0 Å². The molecule has 0 bridgehead atoms. The molecule has 1 aliphatic rings. The van der Waals surface area contributed by atoms with Crippen molar-refractivity contribution in [2.24, 2.45) is 5.92 Å². The zero-order valence-corrected chi connectivity index (χ0v) is 12.4. The number of halogens is 1. The van der Waals surface area contributed by atoms with Gasteiger partial charge in [0.05, 0.1) is 11.2 Å². The fraction of sp³-hybridized carbons (Fsp3) is 0.714. The number of unbranched alkanes of at least 4 members (excludes halogenated alkanes) is 2. The molecular formula is C14H22ClN3O2. The van der Waals surface area contributed by atoms with Crippen molar-refractivity contribution in [3.8, 4) is 0 Å². The van der Waals surface area contributed by atoms with Gasteiger partial charge in [0.15, 0.2) is 0 Å². The maximum atomic E-state index is 12.3. The highest BCUT2D eigenvalue weighted by molar-refractivity contribution is 6.32. The van der Waals surface area contributed by atoms with Crippen molar-refractivity contribution in [1.82, 2.24) is 9.78 Å². The number of hydrogen-bond acceptors (Lipinski definition) is 4. The zero-order valence-electron chi connectivity index (χ0n) is 11.6. The van der Waals surface area contributed by atoms with Crippen molar-refractivity contribution in [2.45, 2.75) is 45.1 Å². The van der Waals surface area contributed by atoms with E-state index in [1.165, 1.54) is 30.1 Å². The summed E-state index contributed by atoms with van der Waals surface area (Å²) in [5.41, 5.74) is 0.316. The summed E-state index contributed by atoms with van der Waals surface area (Å²) >= 11 is 6.05. The predicted molar refractivity (Wildman–Crippen MR) is 80.3 cm³/mol. The summed E-state index contributed by atoms with van der Waals surface area (Å²) < 4.78 is 1.52. The maximum absolute atomic E-state index is 12.3. The van der Waals surface area contributed by atoms with Gasteiger partial charge >= 0.3 is 0 Å². The largest absolute Gasteiger partial charge is 0.396 e. The fourth-order valence-electron chi connectivity index (χ4n) is 2.31. The number of aromatic nitrogens is 2. The first kappa shape index (κ1) is 15.3. The Labute approximate surface area is 124 Å². The summed E-state index contributed by atoms with van der Waals surface area (Å²) in [5, 5.41) is 16.3. The Bertz CT molecular complexity index is 486. The van der Waals surface area contributed by atoms with Gasteiger partial charge in [-0.3, -0.25) is 4.79 Å². The molecule has 5 nitrogen and oxygen atoms in total. The van der Waals surface area contributed by atoms with E-state index in [1.54, 1.807) is 0 Å². The van der Waals surface area contributed by atoms with E-state index in [-0.39, 0.29) is 12.2 Å². The molecule has 20 heavy (non-hydrogen) atoms. The Kier molecular flexibility index (Phi) is 5.86. The Morgan fingerprint density at radius 1 is 1.40 bits per heavy atom. The Balaban J connectivity index is 1.95. The van der Waals surface area contributed by atoms with E-state index in [2.05, 4.69) is 10.4 Å². The van der Waals surface area contributed by atoms with Gasteiger partial charge in [-0.1, -0.05) is 18.0 Å². The molecule has 6 heteroatoms. The minimum absolute atomic E-state index is 0.133. The molecule has 0 atom stereocenters. The Hall–Kier alpha value is -1.07. The average molecular weight is 300 g/mol. The second kappa shape index (κ2) is 7.64. The second-order valence-corrected chi connectivity index (χ2v) is 5.77. The van der Waals surface area contributed by atoms with Crippen molar-refractivity contribution in [1.29, 1.82) is 0 Å². The summed E-state index contributed by atoms with van der Waals surface area (Å²) in [6.45, 7) is 1.59. The van der Waals surface area contributed by atoms with Gasteiger partial charge < -0.3 is 10.4 Å². The summed E-state index contributed by atoms with van der Waals surface area (Å²) in [5.74, 6) is 0.582. The van der Waals surface area contributed by atoms with Gasteiger partial charge in [-0.2, -0.15) is 5.10 Å². The highest BCUT2D eigenvalue weighted by atomic mass is 35.5. The number of anilines is 1. The summed E-state index contributed by atoms with van der Waals surface area (Å²) in [4.78, 5) is 12.3. The van der Waals surface area contributed by atoms with Crippen molar-refractivity contribution in [3.63, 3.8) is 0 Å². The van der Waals surface area contributed by atoms with Crippen molar-refractivity contribution in [3.05, 3.63) is 21.6 Å². The standard InChI is InChI=1S/C14H22ClN3O2/c15-12-9-17-18(10-11-5-4-6-11)14(20)13(12)16-7-2-1-3-8-19/h9,11,16,19H,1-8,10H2. The van der Waals surface area contributed by atoms with Crippen LogP contribution in [0.1, 0.15) is 38.5 Å². The van der Waals surface area contributed by atoms with Gasteiger partial charge in [0, 0.05) is 19.7 Å². The molecule has 0 radical (unpaired) electrons. The van der Waals surface area contributed by atoms with Gasteiger partial charge in [-0.25, -0.2) is 4.68 Å². The second-order valence-electron chi connectivity index (χ2n) is 5.36. The molecule has 1 aromatic heterocycles. The molecule has 0 aliphatic heterocycles. The first-order valence-electron chi connectivity index (χ1n) is 7.32. The number of aliphatic hydroxyl groups is 1. The van der Waals surface area contributed by atoms with Gasteiger partial charge in [0.25, 0.3) is 5.56 Å². The van der Waals surface area contributed by atoms with Crippen LogP contribution >= 0.6 is 11.6 Å². The Morgan fingerprint density at radius 2 is 2.20 bits per heavy atom. The summed E-state index contributed by atoms with van der Waals surface area (Å²) in [6, 6.07) is 0. The fourth-order valence-corrected chi connectivity index (χ4v) is 2.50. The van der Waals surface area contributed by atoms with Crippen LogP contribution in [0.15, 0.2) is 11.0 Å². The lowest BCUT2D eigenvalue weighted by molar-refractivity contribution is 0.262. The van der Waals surface area contributed by atoms with Crippen LogP contribution in [-0.2, 0) is 6.54 Å². The number of rotatable bonds is 8. The molecule has 0 saturated heterocycles. The molecule has 0 unspecified atom stereocenters. The van der Waals surface area contributed by atoms with E-state index in [0.717, 1.165) is 19.3 Å². The number of nitrogens with zero attached hydrogens (tertiary/aromatic N) is 2. The molecule has 0 aromatic carbocycles. The maximum Gasteiger partial charge on any atom is 0.291 e. The zero-order chi connectivity index (χ0) is 14.4. The number of hydrogen-bond donors (Lipinski definition) is 2. The molecule has 1 heterocycles. The highest BCUT2D eigenvalue weighted by Crippen LogP contribution is 2.27. The molecule has 0 amide bonds. The molecule has 2 rings (SSSR count). The molecule has 1 fully saturated rings. The first-order valence-corrected chi connectivity index (χ1v) is 7.70. The van der Waals surface area contributed by atoms with Gasteiger partial charge in [0.1, 0.15) is 5.69 Å². The molecule has 0 spiro atoms. The lowest BCUT2D eigenvalue weighted by atomic mass is 9.85. The van der Waals surface area contributed by atoms with Crippen LogP contribution in [0.25, 0.3) is 0 Å². The quantitative estimate of drug-likeness (QED) is 0.723. The van der Waals surface area contributed by atoms with Crippen LogP contribution in [0, 0.1) is 5.92 Å². The SMILES string of the molecule is O=c1c(NCCCCCO)c(Cl)cnn1CC1CCC1. The first-order chi connectivity index (χ1) is 9.72. The molecular weight excluding hydrogens is 278 g/mol. The molecule has 112 valence electrons. The molecule has 1 aliphatic carbocycles. The number of nitrogens with one attached hydrogen (secondary N) is 1. The van der Waals surface area contributed by atoms with Crippen LogP contribution in [0.5, 0.6) is 0 Å². The van der Waals surface area contributed by atoms with Gasteiger partial charge in [0.2, 0.25) is 0 Å². The summed E-state index contributed by atoms with van der Waals surface area (Å²) in [7, 11) is 0. The van der Waals surface area contributed by atoms with E-state index < -0.39 is 0 Å². The monoisotopic (exact) mass is 299 g/mol. The third kappa shape index (κ3) is 3.96. The third-order valence-electron chi connectivity index (χ3n) is 3.79. The minimum Gasteiger partial charge on any atom is -0.396 e. The van der Waals surface area contributed by atoms with Gasteiger partial charge in [-0.05, 0) is 38.0 Å². The smallest absolute Gasteiger partial charge is 0.291 e. The van der Waals surface area contributed by atoms with E-state index >= 15 is 0 Å². The van der Waals surface area contributed by atoms with Crippen molar-refractivity contribution < 1.29 is 5.11 Å².